The van der Waals surface area contributed by atoms with Crippen LogP contribution in [0.5, 0.6) is 0 Å². The molecule has 0 aromatic carbocycles. The molecule has 0 fully saturated rings. The molecule has 3 N–H and O–H groups in total. The number of rotatable bonds is 5. The van der Waals surface area contributed by atoms with Gasteiger partial charge in [-0.05, 0) is 25.7 Å². The summed E-state index contributed by atoms with van der Waals surface area (Å²) in [5, 5.41) is 12.2. The molecular formula is C7H16N2O2S. The van der Waals surface area contributed by atoms with Crippen LogP contribution in [0, 0.1) is 11.3 Å². The average molecular weight is 192 g/mol. The van der Waals surface area contributed by atoms with Gasteiger partial charge >= 0.3 is 0 Å². The van der Waals surface area contributed by atoms with Gasteiger partial charge in [0.2, 0.25) is 10.0 Å². The lowest BCUT2D eigenvalue weighted by Crippen LogP contribution is -2.21. The largest absolute Gasteiger partial charge is 0.310 e. The Hall–Kier alpha value is -0.420. The molecule has 0 aliphatic heterocycles. The Balaban J connectivity index is 3.98. The lowest BCUT2D eigenvalue weighted by molar-refractivity contribution is 0.580. The summed E-state index contributed by atoms with van der Waals surface area (Å²) in [5.74, 6) is 0.0326. The minimum absolute atomic E-state index is 0.0261. The Morgan fingerprint density at radius 1 is 1.58 bits per heavy atom. The number of nitrogens with one attached hydrogen (secondary N) is 1. The van der Waals surface area contributed by atoms with Crippen molar-refractivity contribution in [1.82, 2.24) is 0 Å². The van der Waals surface area contributed by atoms with Gasteiger partial charge in [0, 0.05) is 5.71 Å². The first-order chi connectivity index (χ1) is 5.37. The molecule has 0 radical (unpaired) electrons. The topological polar surface area (TPSA) is 84.0 Å². The van der Waals surface area contributed by atoms with Gasteiger partial charge in [0.25, 0.3) is 0 Å². The second-order valence-corrected chi connectivity index (χ2v) is 4.68. The third-order valence-electron chi connectivity index (χ3n) is 1.86. The highest BCUT2D eigenvalue weighted by Gasteiger charge is 2.12. The summed E-state index contributed by atoms with van der Waals surface area (Å²) >= 11 is 0. The molecule has 0 bridgehead atoms. The fourth-order valence-electron chi connectivity index (χ4n) is 1.03. The first kappa shape index (κ1) is 11.6. The third-order valence-corrected chi connectivity index (χ3v) is 2.66. The summed E-state index contributed by atoms with van der Waals surface area (Å²) in [6.45, 7) is 3.63. The zero-order valence-corrected chi connectivity index (χ0v) is 8.32. The highest BCUT2D eigenvalue weighted by molar-refractivity contribution is 7.89. The van der Waals surface area contributed by atoms with Crippen LogP contribution >= 0.6 is 0 Å². The summed E-state index contributed by atoms with van der Waals surface area (Å²) in [6.07, 6.45) is 1.26. The Labute approximate surface area is 73.7 Å². The molecule has 0 saturated carbocycles. The Morgan fingerprint density at radius 2 is 2.08 bits per heavy atom. The van der Waals surface area contributed by atoms with Gasteiger partial charge in [-0.15, -0.1) is 0 Å². The Morgan fingerprint density at radius 3 is 2.33 bits per heavy atom. The molecule has 0 aromatic rings. The van der Waals surface area contributed by atoms with Crippen molar-refractivity contribution in [3.05, 3.63) is 0 Å². The third kappa shape index (κ3) is 5.26. The SMILES string of the molecule is CC[C@@H](CCS(N)(=O)=O)C(C)=N. The van der Waals surface area contributed by atoms with Gasteiger partial charge < -0.3 is 5.41 Å². The maximum absolute atomic E-state index is 10.6. The van der Waals surface area contributed by atoms with Crippen molar-refractivity contribution in [1.29, 1.82) is 5.41 Å². The predicted molar refractivity (Wildman–Crippen MR) is 49.8 cm³/mol. The summed E-state index contributed by atoms with van der Waals surface area (Å²) < 4.78 is 21.2. The standard InChI is InChI=1S/C7H16N2O2S/c1-3-7(6(2)8)4-5-12(9,10)11/h7-8H,3-5H2,1-2H3,(H2,9,10,11)/t7-/m0/s1. The summed E-state index contributed by atoms with van der Waals surface area (Å²) in [6, 6.07) is 0. The Kier molecular flexibility index (Phi) is 4.41. The molecule has 4 nitrogen and oxygen atoms in total. The number of sulfonamides is 1. The van der Waals surface area contributed by atoms with Crippen molar-refractivity contribution in [3.63, 3.8) is 0 Å². The molecule has 72 valence electrons. The first-order valence-corrected chi connectivity index (χ1v) is 5.64. The van der Waals surface area contributed by atoms with E-state index in [0.29, 0.717) is 12.1 Å². The number of primary sulfonamides is 1. The van der Waals surface area contributed by atoms with Gasteiger partial charge in [-0.2, -0.15) is 0 Å². The van der Waals surface area contributed by atoms with Gasteiger partial charge in [-0.1, -0.05) is 6.92 Å². The maximum Gasteiger partial charge on any atom is 0.209 e. The summed E-state index contributed by atoms with van der Waals surface area (Å²) in [4.78, 5) is 0. The van der Waals surface area contributed by atoms with Crippen LogP contribution in [0.1, 0.15) is 26.7 Å². The van der Waals surface area contributed by atoms with Crippen LogP contribution < -0.4 is 5.14 Å². The van der Waals surface area contributed by atoms with Gasteiger partial charge in [-0.3, -0.25) is 0 Å². The van der Waals surface area contributed by atoms with E-state index < -0.39 is 10.0 Å². The van der Waals surface area contributed by atoms with E-state index in [1.54, 1.807) is 6.92 Å². The molecule has 0 spiro atoms. The lowest BCUT2D eigenvalue weighted by atomic mass is 9.99. The zero-order chi connectivity index (χ0) is 9.78. The van der Waals surface area contributed by atoms with Crippen molar-refractivity contribution < 1.29 is 8.42 Å². The van der Waals surface area contributed by atoms with E-state index in [2.05, 4.69) is 0 Å². The second-order valence-electron chi connectivity index (χ2n) is 2.94. The molecule has 0 heterocycles. The molecular weight excluding hydrogens is 176 g/mol. The molecule has 0 unspecified atom stereocenters. The maximum atomic E-state index is 10.6. The summed E-state index contributed by atoms with van der Waals surface area (Å²) in [7, 11) is -3.36. The van der Waals surface area contributed by atoms with Crippen molar-refractivity contribution in [2.75, 3.05) is 5.75 Å². The van der Waals surface area contributed by atoms with Crippen LogP contribution in [0.25, 0.3) is 0 Å². The normalized spacial score (nSPS) is 14.2. The van der Waals surface area contributed by atoms with Crippen molar-refractivity contribution in [2.24, 2.45) is 11.1 Å². The van der Waals surface area contributed by atoms with E-state index in [1.165, 1.54) is 0 Å². The minimum Gasteiger partial charge on any atom is -0.310 e. The zero-order valence-electron chi connectivity index (χ0n) is 7.50. The highest BCUT2D eigenvalue weighted by atomic mass is 32.2. The van der Waals surface area contributed by atoms with Crippen LogP contribution in [0.15, 0.2) is 0 Å². The fraction of sp³-hybridized carbons (Fsp3) is 0.857. The number of hydrogen-bond donors (Lipinski definition) is 2. The lowest BCUT2D eigenvalue weighted by Gasteiger charge is -2.11. The average Bonchev–Trinajstić information content (AvgIpc) is 1.85. The Bertz CT molecular complexity index is 246. The van der Waals surface area contributed by atoms with E-state index in [0.717, 1.165) is 6.42 Å². The van der Waals surface area contributed by atoms with Crippen LogP contribution in [-0.4, -0.2) is 19.9 Å². The molecule has 0 saturated heterocycles. The molecule has 0 rings (SSSR count). The monoisotopic (exact) mass is 192 g/mol. The van der Waals surface area contributed by atoms with E-state index in [9.17, 15) is 8.42 Å². The van der Waals surface area contributed by atoms with E-state index in [-0.39, 0.29) is 11.7 Å². The smallest absolute Gasteiger partial charge is 0.209 e. The predicted octanol–water partition coefficient (Wildman–Crippen LogP) is 0.731. The van der Waals surface area contributed by atoms with Crippen LogP contribution in [0.3, 0.4) is 0 Å². The molecule has 0 amide bonds. The van der Waals surface area contributed by atoms with Crippen molar-refractivity contribution in [3.8, 4) is 0 Å². The summed E-state index contributed by atoms with van der Waals surface area (Å²) in [5.41, 5.74) is 0.529. The molecule has 0 aliphatic carbocycles. The molecule has 0 aliphatic rings. The van der Waals surface area contributed by atoms with Gasteiger partial charge in [0.15, 0.2) is 0 Å². The molecule has 1 atom stereocenters. The number of nitrogens with two attached hydrogens (primary N) is 1. The minimum atomic E-state index is -3.36. The quantitative estimate of drug-likeness (QED) is 0.629. The van der Waals surface area contributed by atoms with Crippen molar-refractivity contribution in [2.45, 2.75) is 26.7 Å². The van der Waals surface area contributed by atoms with E-state index >= 15 is 0 Å². The first-order valence-electron chi connectivity index (χ1n) is 3.92. The van der Waals surface area contributed by atoms with Crippen molar-refractivity contribution >= 4 is 15.7 Å². The van der Waals surface area contributed by atoms with E-state index in [1.807, 2.05) is 6.92 Å². The molecule has 12 heavy (non-hydrogen) atoms. The second kappa shape index (κ2) is 4.57. The van der Waals surface area contributed by atoms with Gasteiger partial charge in [0.1, 0.15) is 0 Å². The van der Waals surface area contributed by atoms with Gasteiger partial charge in [0.05, 0.1) is 5.75 Å². The molecule has 0 aromatic heterocycles. The number of hydrogen-bond acceptors (Lipinski definition) is 3. The van der Waals surface area contributed by atoms with Crippen LogP contribution in [0.2, 0.25) is 0 Å². The van der Waals surface area contributed by atoms with Crippen LogP contribution in [0.4, 0.5) is 0 Å². The van der Waals surface area contributed by atoms with Gasteiger partial charge in [-0.25, -0.2) is 13.6 Å². The highest BCUT2D eigenvalue weighted by Crippen LogP contribution is 2.09. The molecule has 5 heteroatoms. The fourth-order valence-corrected chi connectivity index (χ4v) is 1.65. The van der Waals surface area contributed by atoms with Crippen LogP contribution in [-0.2, 0) is 10.0 Å². The van der Waals surface area contributed by atoms with E-state index in [4.69, 9.17) is 10.5 Å².